The summed E-state index contributed by atoms with van der Waals surface area (Å²) in [4.78, 5) is 24.5. The Kier molecular flexibility index (Phi) is 3.78. The summed E-state index contributed by atoms with van der Waals surface area (Å²) in [5.74, 6) is -0.781. The van der Waals surface area contributed by atoms with E-state index < -0.39 is 12.0 Å². The molecule has 94 valence electrons. The van der Waals surface area contributed by atoms with Gasteiger partial charge in [0.15, 0.2) is 6.04 Å². The third kappa shape index (κ3) is 2.85. The van der Waals surface area contributed by atoms with Crippen LogP contribution in [-0.2, 0) is 14.3 Å². The number of ether oxygens (including phenoxy) is 1. The maximum absolute atomic E-state index is 12.0. The van der Waals surface area contributed by atoms with Gasteiger partial charge in [-0.15, -0.1) is 0 Å². The van der Waals surface area contributed by atoms with Crippen LogP contribution in [0.1, 0.15) is 19.3 Å². The van der Waals surface area contributed by atoms with Crippen molar-refractivity contribution < 1.29 is 19.4 Å². The Morgan fingerprint density at radius 3 is 2.94 bits per heavy atom. The summed E-state index contributed by atoms with van der Waals surface area (Å²) in [6, 6.07) is -0.818. The Balaban J connectivity index is 1.95. The van der Waals surface area contributed by atoms with Gasteiger partial charge in [-0.2, -0.15) is 0 Å². The largest absolute Gasteiger partial charge is 0.480 e. The van der Waals surface area contributed by atoms with Crippen LogP contribution in [0.25, 0.3) is 0 Å². The molecule has 2 atom stereocenters. The highest BCUT2D eigenvalue weighted by molar-refractivity contribution is 5.84. The lowest BCUT2D eigenvalue weighted by Gasteiger charge is -2.33. The van der Waals surface area contributed by atoms with Crippen molar-refractivity contribution in [3.05, 3.63) is 12.2 Å². The highest BCUT2D eigenvalue weighted by Gasteiger charge is 2.33. The number of hydrogen-bond donors (Lipinski definition) is 1. The maximum atomic E-state index is 12.0. The monoisotopic (exact) mass is 239 g/mol. The third-order valence-electron chi connectivity index (χ3n) is 3.28. The molecule has 1 saturated heterocycles. The molecule has 0 saturated carbocycles. The first kappa shape index (κ1) is 12.1. The summed E-state index contributed by atoms with van der Waals surface area (Å²) in [7, 11) is 0. The van der Waals surface area contributed by atoms with E-state index in [1.807, 2.05) is 6.08 Å². The highest BCUT2D eigenvalue weighted by Crippen LogP contribution is 2.22. The molecule has 0 aromatic heterocycles. The van der Waals surface area contributed by atoms with Crippen LogP contribution in [0.3, 0.4) is 0 Å². The zero-order valence-electron chi connectivity index (χ0n) is 9.67. The minimum absolute atomic E-state index is 0.0720. The smallest absolute Gasteiger partial charge is 0.328 e. The average Bonchev–Trinajstić information content (AvgIpc) is 2.81. The first-order valence-corrected chi connectivity index (χ1v) is 5.95. The second kappa shape index (κ2) is 5.31. The van der Waals surface area contributed by atoms with E-state index in [1.165, 1.54) is 4.90 Å². The molecule has 1 amide bonds. The van der Waals surface area contributed by atoms with E-state index in [4.69, 9.17) is 9.84 Å². The fraction of sp³-hybridized carbons (Fsp3) is 0.667. The molecular formula is C12H17NO4. The molecule has 5 heteroatoms. The first-order chi connectivity index (χ1) is 8.18. The number of carbonyl (C=O) groups excluding carboxylic acids is 1. The van der Waals surface area contributed by atoms with Crippen LogP contribution in [0.2, 0.25) is 0 Å². The van der Waals surface area contributed by atoms with Crippen molar-refractivity contribution in [2.45, 2.75) is 25.3 Å². The Hall–Kier alpha value is -1.36. The van der Waals surface area contributed by atoms with Gasteiger partial charge in [0.1, 0.15) is 0 Å². The second-order valence-corrected chi connectivity index (χ2v) is 4.49. The quantitative estimate of drug-likeness (QED) is 0.734. The van der Waals surface area contributed by atoms with E-state index in [9.17, 15) is 9.59 Å². The van der Waals surface area contributed by atoms with Gasteiger partial charge in [0, 0.05) is 13.0 Å². The van der Waals surface area contributed by atoms with E-state index in [0.29, 0.717) is 19.6 Å². The molecule has 1 aliphatic carbocycles. The van der Waals surface area contributed by atoms with Crippen LogP contribution in [-0.4, -0.2) is 47.7 Å². The predicted molar refractivity (Wildman–Crippen MR) is 60.4 cm³/mol. The van der Waals surface area contributed by atoms with Gasteiger partial charge in [0.2, 0.25) is 5.91 Å². The normalized spacial score (nSPS) is 28.4. The number of aliphatic carboxylic acids is 1. The third-order valence-corrected chi connectivity index (χ3v) is 3.28. The van der Waals surface area contributed by atoms with Crippen LogP contribution >= 0.6 is 0 Å². The van der Waals surface area contributed by atoms with Crippen molar-refractivity contribution in [3.8, 4) is 0 Å². The van der Waals surface area contributed by atoms with E-state index in [2.05, 4.69) is 6.08 Å². The van der Waals surface area contributed by atoms with Crippen molar-refractivity contribution in [2.24, 2.45) is 5.92 Å². The van der Waals surface area contributed by atoms with Gasteiger partial charge in [-0.25, -0.2) is 4.79 Å². The number of carbonyl (C=O) groups is 2. The van der Waals surface area contributed by atoms with Crippen LogP contribution < -0.4 is 0 Å². The molecule has 1 fully saturated rings. The van der Waals surface area contributed by atoms with Gasteiger partial charge in [0.05, 0.1) is 13.2 Å². The standard InChI is InChI=1S/C12H17NO4/c14-11(7-9-3-1-2-4-9)13-5-6-17-8-10(13)12(15)16/h1,3,9-10H,2,4-8H2,(H,15,16)/t9-,10-/m0/s1. The lowest BCUT2D eigenvalue weighted by molar-refractivity contribution is -0.158. The minimum Gasteiger partial charge on any atom is -0.480 e. The molecule has 0 radical (unpaired) electrons. The molecular weight excluding hydrogens is 222 g/mol. The highest BCUT2D eigenvalue weighted by atomic mass is 16.5. The molecule has 0 aromatic carbocycles. The molecule has 0 aromatic rings. The van der Waals surface area contributed by atoms with E-state index >= 15 is 0 Å². The van der Waals surface area contributed by atoms with Crippen molar-refractivity contribution >= 4 is 11.9 Å². The van der Waals surface area contributed by atoms with Crippen LogP contribution in [0, 0.1) is 5.92 Å². The molecule has 5 nitrogen and oxygen atoms in total. The molecule has 0 unspecified atom stereocenters. The van der Waals surface area contributed by atoms with Crippen molar-refractivity contribution in [3.63, 3.8) is 0 Å². The van der Waals surface area contributed by atoms with Crippen molar-refractivity contribution in [1.82, 2.24) is 4.90 Å². The number of rotatable bonds is 3. The van der Waals surface area contributed by atoms with E-state index in [1.54, 1.807) is 0 Å². The van der Waals surface area contributed by atoms with Crippen molar-refractivity contribution in [1.29, 1.82) is 0 Å². The summed E-state index contributed by atoms with van der Waals surface area (Å²) in [6.07, 6.45) is 6.55. The van der Waals surface area contributed by atoms with Gasteiger partial charge >= 0.3 is 5.97 Å². The Bertz CT molecular complexity index is 339. The fourth-order valence-corrected chi connectivity index (χ4v) is 2.31. The number of carboxylic acids is 1. The van der Waals surface area contributed by atoms with Crippen LogP contribution in [0.5, 0.6) is 0 Å². The number of carboxylic acid groups (broad SMARTS) is 1. The Morgan fingerprint density at radius 2 is 2.29 bits per heavy atom. The number of hydrogen-bond acceptors (Lipinski definition) is 3. The Labute approximate surface area is 100 Å². The molecule has 0 spiro atoms. The Morgan fingerprint density at radius 1 is 1.47 bits per heavy atom. The average molecular weight is 239 g/mol. The summed E-state index contributed by atoms with van der Waals surface area (Å²) in [5.41, 5.74) is 0. The molecule has 2 rings (SSSR count). The summed E-state index contributed by atoms with van der Waals surface area (Å²) >= 11 is 0. The molecule has 2 aliphatic rings. The number of morpholine rings is 1. The van der Waals surface area contributed by atoms with E-state index in [0.717, 1.165) is 12.8 Å². The van der Waals surface area contributed by atoms with Gasteiger partial charge in [0.25, 0.3) is 0 Å². The SMILES string of the molecule is O=C(O)[C@@H]1COCCN1C(=O)C[C@H]1C=CCC1. The van der Waals surface area contributed by atoms with Gasteiger partial charge < -0.3 is 14.7 Å². The summed E-state index contributed by atoms with van der Waals surface area (Å²) in [6.45, 7) is 0.907. The van der Waals surface area contributed by atoms with Gasteiger partial charge in [-0.3, -0.25) is 4.79 Å². The topological polar surface area (TPSA) is 66.8 Å². The van der Waals surface area contributed by atoms with Gasteiger partial charge in [-0.1, -0.05) is 12.2 Å². The second-order valence-electron chi connectivity index (χ2n) is 4.49. The summed E-state index contributed by atoms with van der Waals surface area (Å²) in [5, 5.41) is 9.03. The lowest BCUT2D eigenvalue weighted by atomic mass is 10.0. The molecule has 1 N–H and O–H groups in total. The zero-order valence-corrected chi connectivity index (χ0v) is 9.67. The number of amides is 1. The molecule has 0 bridgehead atoms. The maximum Gasteiger partial charge on any atom is 0.328 e. The summed E-state index contributed by atoms with van der Waals surface area (Å²) < 4.78 is 5.11. The van der Waals surface area contributed by atoms with Gasteiger partial charge in [-0.05, 0) is 18.8 Å². The molecule has 1 aliphatic heterocycles. The van der Waals surface area contributed by atoms with E-state index in [-0.39, 0.29) is 18.4 Å². The minimum atomic E-state index is -0.986. The van der Waals surface area contributed by atoms with Crippen LogP contribution in [0.4, 0.5) is 0 Å². The first-order valence-electron chi connectivity index (χ1n) is 5.95. The number of nitrogens with zero attached hydrogens (tertiary/aromatic N) is 1. The molecule has 17 heavy (non-hydrogen) atoms. The lowest BCUT2D eigenvalue weighted by Crippen LogP contribution is -2.52. The number of allylic oxidation sites excluding steroid dienone is 2. The predicted octanol–water partition coefficient (Wildman–Crippen LogP) is 0.655. The van der Waals surface area contributed by atoms with Crippen LogP contribution in [0.15, 0.2) is 12.2 Å². The zero-order chi connectivity index (χ0) is 12.3. The molecule has 1 heterocycles. The van der Waals surface area contributed by atoms with Crippen molar-refractivity contribution in [2.75, 3.05) is 19.8 Å². The fourth-order valence-electron chi connectivity index (χ4n) is 2.31.